The van der Waals surface area contributed by atoms with Crippen LogP contribution in [-0.4, -0.2) is 23.1 Å². The molecular formula is C33H36N2OSSi. The lowest BCUT2D eigenvalue weighted by Gasteiger charge is -2.22. The maximum Gasteiger partial charge on any atom is 0.128 e. The Morgan fingerprint density at radius 3 is 2.24 bits per heavy atom. The summed E-state index contributed by atoms with van der Waals surface area (Å²) in [6.07, 6.45) is 1.85. The van der Waals surface area contributed by atoms with Gasteiger partial charge in [-0.15, -0.1) is 11.3 Å². The maximum absolute atomic E-state index is 10.9. The highest BCUT2D eigenvalue weighted by Gasteiger charge is 2.24. The molecule has 2 heterocycles. The van der Waals surface area contributed by atoms with Crippen molar-refractivity contribution in [3.05, 3.63) is 83.6 Å². The summed E-state index contributed by atoms with van der Waals surface area (Å²) in [5, 5.41) is 13.2. The van der Waals surface area contributed by atoms with E-state index in [4.69, 9.17) is 4.98 Å². The van der Waals surface area contributed by atoms with Gasteiger partial charge in [0, 0.05) is 17.3 Å². The quantitative estimate of drug-likeness (QED) is 0.233. The minimum absolute atomic E-state index is 0.0207. The Hall–Kier alpha value is -3.28. The van der Waals surface area contributed by atoms with Gasteiger partial charge in [0.05, 0.1) is 29.5 Å². The average Bonchev–Trinajstić information content (AvgIpc) is 3.29. The first-order valence-corrected chi connectivity index (χ1v) is 17.5. The van der Waals surface area contributed by atoms with E-state index >= 15 is 0 Å². The second-order valence-electron chi connectivity index (χ2n) is 12.4. The van der Waals surface area contributed by atoms with Gasteiger partial charge < -0.3 is 5.11 Å². The largest absolute Gasteiger partial charge is 0.507 e. The molecule has 3 nitrogen and oxygen atoms in total. The van der Waals surface area contributed by atoms with Crippen LogP contribution in [0.5, 0.6) is 5.75 Å². The lowest BCUT2D eigenvalue weighted by molar-refractivity contribution is 0.473. The molecule has 2 aromatic heterocycles. The van der Waals surface area contributed by atoms with Crippen molar-refractivity contribution in [2.24, 2.45) is 0 Å². The fraction of sp³-hybridized carbons (Fsp3) is 0.273. The Morgan fingerprint density at radius 2 is 1.58 bits per heavy atom. The molecule has 0 unspecified atom stereocenters. The zero-order valence-corrected chi connectivity index (χ0v) is 25.4. The van der Waals surface area contributed by atoms with Gasteiger partial charge in [-0.2, -0.15) is 0 Å². The first-order valence-electron chi connectivity index (χ1n) is 13.1. The normalized spacial score (nSPS) is 12.3. The predicted octanol–water partition coefficient (Wildman–Crippen LogP) is 8.86. The van der Waals surface area contributed by atoms with Crippen LogP contribution in [0.1, 0.15) is 37.5 Å². The van der Waals surface area contributed by atoms with Crippen LogP contribution in [-0.2, 0) is 5.41 Å². The predicted molar refractivity (Wildman–Crippen MR) is 167 cm³/mol. The van der Waals surface area contributed by atoms with E-state index in [0.717, 1.165) is 54.3 Å². The molecule has 0 saturated heterocycles. The lowest BCUT2D eigenvalue weighted by Crippen LogP contribution is -2.37. The molecule has 194 valence electrons. The smallest absolute Gasteiger partial charge is 0.128 e. The first-order chi connectivity index (χ1) is 17.8. The van der Waals surface area contributed by atoms with E-state index in [9.17, 15) is 5.11 Å². The monoisotopic (exact) mass is 536 g/mol. The molecule has 3 aromatic carbocycles. The lowest BCUT2D eigenvalue weighted by atomic mass is 9.83. The molecule has 0 radical (unpaired) electrons. The Morgan fingerprint density at radius 1 is 0.842 bits per heavy atom. The summed E-state index contributed by atoms with van der Waals surface area (Å²) in [4.78, 5) is 9.84. The minimum atomic E-state index is -1.62. The number of aromatic nitrogens is 2. The van der Waals surface area contributed by atoms with E-state index in [2.05, 4.69) is 88.7 Å². The highest BCUT2D eigenvalue weighted by molar-refractivity contribution is 7.22. The van der Waals surface area contributed by atoms with E-state index in [1.54, 1.807) is 11.3 Å². The number of hydrogen-bond acceptors (Lipinski definition) is 4. The molecular weight excluding hydrogens is 501 g/mol. The molecule has 0 saturated carbocycles. The molecule has 5 aromatic rings. The minimum Gasteiger partial charge on any atom is -0.507 e. The summed E-state index contributed by atoms with van der Waals surface area (Å²) < 4.78 is 1.16. The van der Waals surface area contributed by atoms with Crippen LogP contribution in [0, 0.1) is 13.8 Å². The summed E-state index contributed by atoms with van der Waals surface area (Å²) in [6.45, 7) is 18.0. The van der Waals surface area contributed by atoms with Crippen molar-refractivity contribution in [2.75, 3.05) is 0 Å². The van der Waals surface area contributed by atoms with E-state index in [-0.39, 0.29) is 5.41 Å². The highest BCUT2D eigenvalue weighted by atomic mass is 32.1. The second kappa shape index (κ2) is 9.48. The van der Waals surface area contributed by atoms with Crippen LogP contribution in [0.4, 0.5) is 0 Å². The van der Waals surface area contributed by atoms with Gasteiger partial charge in [0.25, 0.3) is 0 Å². The molecule has 0 aliphatic heterocycles. The average molecular weight is 537 g/mol. The molecule has 0 aliphatic carbocycles. The van der Waals surface area contributed by atoms with Gasteiger partial charge in [-0.3, -0.25) is 4.98 Å². The Bertz CT molecular complexity index is 1660. The summed E-state index contributed by atoms with van der Waals surface area (Å²) in [5.74, 6) is 0.314. The van der Waals surface area contributed by atoms with Crippen LogP contribution >= 0.6 is 11.3 Å². The number of phenols is 1. The second-order valence-corrected chi connectivity index (χ2v) is 18.5. The number of pyridine rings is 1. The van der Waals surface area contributed by atoms with Gasteiger partial charge >= 0.3 is 0 Å². The van der Waals surface area contributed by atoms with Crippen molar-refractivity contribution in [3.8, 4) is 38.7 Å². The zero-order chi connectivity index (χ0) is 27.4. The third kappa shape index (κ3) is 5.05. The molecule has 0 amide bonds. The third-order valence-electron chi connectivity index (χ3n) is 7.11. The number of nitrogens with zero attached hydrogens (tertiary/aromatic N) is 2. The summed E-state index contributed by atoms with van der Waals surface area (Å²) >= 11 is 1.67. The van der Waals surface area contributed by atoms with E-state index in [0.29, 0.717) is 5.75 Å². The number of thiazole rings is 1. The van der Waals surface area contributed by atoms with Crippen LogP contribution < -0.4 is 5.19 Å². The highest BCUT2D eigenvalue weighted by Crippen LogP contribution is 2.41. The number of aryl methyl sites for hydroxylation is 2. The molecule has 0 aliphatic rings. The van der Waals surface area contributed by atoms with Gasteiger partial charge in [-0.05, 0) is 77.9 Å². The fourth-order valence-electron chi connectivity index (χ4n) is 4.82. The van der Waals surface area contributed by atoms with Gasteiger partial charge in [0.1, 0.15) is 10.8 Å². The number of aromatic hydroxyl groups is 1. The summed E-state index contributed by atoms with van der Waals surface area (Å²) in [6, 6.07) is 21.7. The molecule has 1 N–H and O–H groups in total. The topological polar surface area (TPSA) is 46.0 Å². The summed E-state index contributed by atoms with van der Waals surface area (Å²) in [7, 11) is -1.62. The molecule has 5 heteroatoms. The van der Waals surface area contributed by atoms with Crippen molar-refractivity contribution in [3.63, 3.8) is 0 Å². The number of phenolic OH excluding ortho intramolecular Hbond substituents is 1. The first kappa shape index (κ1) is 26.3. The molecule has 0 atom stereocenters. The van der Waals surface area contributed by atoms with Crippen molar-refractivity contribution in [2.45, 2.75) is 59.7 Å². The van der Waals surface area contributed by atoms with E-state index in [1.807, 2.05) is 37.4 Å². The number of fused-ring (bicyclic) bond motifs is 1. The Kier molecular flexibility index (Phi) is 6.56. The van der Waals surface area contributed by atoms with Crippen molar-refractivity contribution >= 4 is 34.8 Å². The molecule has 0 fully saturated rings. The van der Waals surface area contributed by atoms with Gasteiger partial charge in [-0.1, -0.05) is 69.9 Å². The van der Waals surface area contributed by atoms with E-state index in [1.165, 1.54) is 10.8 Å². The molecule has 5 rings (SSSR count). The van der Waals surface area contributed by atoms with Gasteiger partial charge in [-0.25, -0.2) is 4.98 Å². The Balaban J connectivity index is 1.82. The molecule has 38 heavy (non-hydrogen) atoms. The third-order valence-corrected chi connectivity index (χ3v) is 10.2. The zero-order valence-electron chi connectivity index (χ0n) is 23.6. The van der Waals surface area contributed by atoms with Crippen molar-refractivity contribution in [1.29, 1.82) is 0 Å². The van der Waals surface area contributed by atoms with Crippen LogP contribution in [0.15, 0.2) is 66.9 Å². The van der Waals surface area contributed by atoms with E-state index < -0.39 is 8.07 Å². The SMILES string of the molecule is Cc1cc(C)c(O)c(-c2nc3c(-c4cc(-c5ccccn5)cc(C(C)(C)C)c4)cc([Si](C)(C)C)cc3s2)c1. The maximum atomic E-state index is 10.9. The Labute approximate surface area is 231 Å². The van der Waals surface area contributed by atoms with Gasteiger partial charge in [0.2, 0.25) is 0 Å². The van der Waals surface area contributed by atoms with Crippen molar-refractivity contribution < 1.29 is 5.11 Å². The van der Waals surface area contributed by atoms with Crippen LogP contribution in [0.2, 0.25) is 19.6 Å². The fourth-order valence-corrected chi connectivity index (χ4v) is 7.13. The number of rotatable bonds is 4. The molecule has 0 spiro atoms. The number of benzene rings is 3. The van der Waals surface area contributed by atoms with Crippen molar-refractivity contribution in [1.82, 2.24) is 9.97 Å². The summed E-state index contributed by atoms with van der Waals surface area (Å²) in [5.41, 5.74) is 9.43. The standard InChI is InChI=1S/C33H36N2OSSi/c1-20-13-21(2)31(36)27(14-20)32-35-30-26(18-25(38(6,7)8)19-29(30)37-32)22-15-23(28-11-9-10-12-34-28)17-24(16-22)33(3,4)5/h9-19,36H,1-8H3. The number of hydrogen-bond donors (Lipinski definition) is 1. The molecule has 0 bridgehead atoms. The van der Waals surface area contributed by atoms with Crippen LogP contribution in [0.3, 0.4) is 0 Å². The van der Waals surface area contributed by atoms with Crippen LogP contribution in [0.25, 0.3) is 43.2 Å². The van der Waals surface area contributed by atoms with Gasteiger partial charge in [0.15, 0.2) is 0 Å².